The number of rotatable bonds is 5. The average molecular weight is 215 g/mol. The number of hydrogen-bond donors (Lipinski definition) is 1. The molecular formula is C12H13N3O. The van der Waals surface area contributed by atoms with Crippen LogP contribution in [0.3, 0.4) is 0 Å². The third-order valence-electron chi connectivity index (χ3n) is 2.43. The molecule has 1 aromatic carbocycles. The van der Waals surface area contributed by atoms with Gasteiger partial charge in [-0.05, 0) is 18.1 Å². The van der Waals surface area contributed by atoms with E-state index in [0.29, 0.717) is 6.41 Å². The molecule has 0 aliphatic carbocycles. The highest BCUT2D eigenvalue weighted by Crippen LogP contribution is 2.15. The molecule has 0 spiro atoms. The van der Waals surface area contributed by atoms with Crippen molar-refractivity contribution in [3.8, 4) is 0 Å². The topological polar surface area (TPSA) is 46.9 Å². The first kappa shape index (κ1) is 10.4. The van der Waals surface area contributed by atoms with Crippen molar-refractivity contribution in [3.05, 3.63) is 48.5 Å². The van der Waals surface area contributed by atoms with E-state index in [4.69, 9.17) is 0 Å². The predicted octanol–water partition coefficient (Wildman–Crippen LogP) is 1.69. The second kappa shape index (κ2) is 5.11. The van der Waals surface area contributed by atoms with Gasteiger partial charge in [0.15, 0.2) is 0 Å². The van der Waals surface area contributed by atoms with Gasteiger partial charge in [0, 0.05) is 24.6 Å². The van der Waals surface area contributed by atoms with Crippen molar-refractivity contribution < 1.29 is 4.79 Å². The molecule has 0 unspecified atom stereocenters. The number of hydrogen-bond acceptors (Lipinski definition) is 2. The number of para-hydroxylation sites is 1. The van der Waals surface area contributed by atoms with Crippen LogP contribution in [-0.2, 0) is 17.8 Å². The molecule has 82 valence electrons. The van der Waals surface area contributed by atoms with Crippen molar-refractivity contribution in [1.29, 1.82) is 0 Å². The van der Waals surface area contributed by atoms with Crippen molar-refractivity contribution >= 4 is 12.1 Å². The Labute approximate surface area is 93.9 Å². The summed E-state index contributed by atoms with van der Waals surface area (Å²) in [6.45, 7) is 0.859. The van der Waals surface area contributed by atoms with Crippen LogP contribution >= 0.6 is 0 Å². The summed E-state index contributed by atoms with van der Waals surface area (Å²) < 4.78 is 2.01. The molecule has 0 aliphatic heterocycles. The van der Waals surface area contributed by atoms with Crippen LogP contribution in [0, 0.1) is 0 Å². The number of nitrogens with zero attached hydrogens (tertiary/aromatic N) is 2. The number of aromatic nitrogens is 2. The van der Waals surface area contributed by atoms with Gasteiger partial charge in [0.2, 0.25) is 6.41 Å². The van der Waals surface area contributed by atoms with Crippen LogP contribution < -0.4 is 5.32 Å². The van der Waals surface area contributed by atoms with E-state index in [1.54, 1.807) is 12.5 Å². The lowest BCUT2D eigenvalue weighted by atomic mass is 10.1. The maximum Gasteiger partial charge on any atom is 0.211 e. The SMILES string of the molecule is O=CNc1ccccc1CCn1ccnc1. The van der Waals surface area contributed by atoms with E-state index >= 15 is 0 Å². The fraction of sp³-hybridized carbons (Fsp3) is 0.167. The first-order valence-electron chi connectivity index (χ1n) is 5.14. The lowest BCUT2D eigenvalue weighted by Crippen LogP contribution is -2.03. The molecule has 0 aliphatic rings. The predicted molar refractivity (Wildman–Crippen MR) is 62.1 cm³/mol. The first-order chi connectivity index (χ1) is 7.90. The van der Waals surface area contributed by atoms with E-state index in [1.807, 2.05) is 35.0 Å². The minimum Gasteiger partial charge on any atom is -0.337 e. The van der Waals surface area contributed by atoms with Gasteiger partial charge in [-0.15, -0.1) is 0 Å². The minimum atomic E-state index is 0.704. The van der Waals surface area contributed by atoms with E-state index < -0.39 is 0 Å². The van der Waals surface area contributed by atoms with Gasteiger partial charge in [0.05, 0.1) is 6.33 Å². The maximum atomic E-state index is 10.4. The van der Waals surface area contributed by atoms with Crippen LogP contribution in [0.25, 0.3) is 0 Å². The average Bonchev–Trinajstić information content (AvgIpc) is 2.81. The van der Waals surface area contributed by atoms with Crippen molar-refractivity contribution in [2.45, 2.75) is 13.0 Å². The second-order valence-corrected chi connectivity index (χ2v) is 3.47. The summed E-state index contributed by atoms with van der Waals surface area (Å²) in [4.78, 5) is 14.4. The summed E-state index contributed by atoms with van der Waals surface area (Å²) >= 11 is 0. The molecule has 2 aromatic rings. The fourth-order valence-electron chi connectivity index (χ4n) is 1.61. The normalized spacial score (nSPS) is 10.0. The largest absolute Gasteiger partial charge is 0.337 e. The quantitative estimate of drug-likeness (QED) is 0.771. The number of carbonyl (C=O) groups is 1. The van der Waals surface area contributed by atoms with Gasteiger partial charge < -0.3 is 9.88 Å². The van der Waals surface area contributed by atoms with Crippen LogP contribution in [0.15, 0.2) is 43.0 Å². The van der Waals surface area contributed by atoms with Crippen LogP contribution in [0.4, 0.5) is 5.69 Å². The third kappa shape index (κ3) is 2.48. The highest BCUT2D eigenvalue weighted by molar-refractivity contribution is 5.73. The Bertz CT molecular complexity index is 451. The molecule has 4 heteroatoms. The van der Waals surface area contributed by atoms with E-state index in [1.165, 1.54) is 0 Å². The summed E-state index contributed by atoms with van der Waals surface area (Å²) in [5.74, 6) is 0. The smallest absolute Gasteiger partial charge is 0.211 e. The summed E-state index contributed by atoms with van der Waals surface area (Å²) in [5.41, 5.74) is 2.00. The summed E-state index contributed by atoms with van der Waals surface area (Å²) in [6, 6.07) is 7.80. The van der Waals surface area contributed by atoms with Crippen LogP contribution in [0.5, 0.6) is 0 Å². The monoisotopic (exact) mass is 215 g/mol. The van der Waals surface area contributed by atoms with Gasteiger partial charge in [-0.1, -0.05) is 18.2 Å². The molecule has 0 saturated carbocycles. The number of carbonyl (C=O) groups excluding carboxylic acids is 1. The van der Waals surface area contributed by atoms with Crippen LogP contribution in [-0.4, -0.2) is 16.0 Å². The minimum absolute atomic E-state index is 0.704. The molecule has 0 atom stereocenters. The van der Waals surface area contributed by atoms with Crippen LogP contribution in [0.2, 0.25) is 0 Å². The highest BCUT2D eigenvalue weighted by atomic mass is 16.1. The fourth-order valence-corrected chi connectivity index (χ4v) is 1.61. The van der Waals surface area contributed by atoms with Crippen molar-refractivity contribution in [3.63, 3.8) is 0 Å². The molecule has 1 amide bonds. The van der Waals surface area contributed by atoms with Gasteiger partial charge >= 0.3 is 0 Å². The van der Waals surface area contributed by atoms with Gasteiger partial charge in [0.1, 0.15) is 0 Å². The maximum absolute atomic E-state index is 10.4. The summed E-state index contributed by atoms with van der Waals surface area (Å²) in [6.07, 6.45) is 7.05. The molecule has 0 fully saturated rings. The van der Waals surface area contributed by atoms with Gasteiger partial charge in [0.25, 0.3) is 0 Å². The Balaban J connectivity index is 2.05. The number of anilines is 1. The zero-order valence-corrected chi connectivity index (χ0v) is 8.84. The van der Waals surface area contributed by atoms with Crippen LogP contribution in [0.1, 0.15) is 5.56 Å². The number of nitrogens with one attached hydrogen (secondary N) is 1. The molecule has 0 radical (unpaired) electrons. The van der Waals surface area contributed by atoms with E-state index in [0.717, 1.165) is 24.2 Å². The molecule has 1 aromatic heterocycles. The number of aryl methyl sites for hydroxylation is 2. The molecule has 2 rings (SSSR count). The number of amides is 1. The molecule has 16 heavy (non-hydrogen) atoms. The Hall–Kier alpha value is -2.10. The molecule has 4 nitrogen and oxygen atoms in total. The van der Waals surface area contributed by atoms with Gasteiger partial charge in [-0.3, -0.25) is 4.79 Å². The van der Waals surface area contributed by atoms with Gasteiger partial charge in [-0.2, -0.15) is 0 Å². The Morgan fingerprint density at radius 3 is 3.00 bits per heavy atom. The van der Waals surface area contributed by atoms with E-state index in [9.17, 15) is 4.79 Å². The van der Waals surface area contributed by atoms with Crippen molar-refractivity contribution in [2.24, 2.45) is 0 Å². The Morgan fingerprint density at radius 1 is 1.38 bits per heavy atom. The lowest BCUT2D eigenvalue weighted by molar-refractivity contribution is -0.105. The zero-order valence-electron chi connectivity index (χ0n) is 8.84. The summed E-state index contributed by atoms with van der Waals surface area (Å²) in [7, 11) is 0. The summed E-state index contributed by atoms with van der Waals surface area (Å²) in [5, 5.41) is 2.70. The molecule has 1 N–H and O–H groups in total. The second-order valence-electron chi connectivity index (χ2n) is 3.47. The zero-order chi connectivity index (χ0) is 11.2. The molecule has 0 bridgehead atoms. The molecule has 0 saturated heterocycles. The van der Waals surface area contributed by atoms with Crippen molar-refractivity contribution in [1.82, 2.24) is 9.55 Å². The Kier molecular flexibility index (Phi) is 3.33. The lowest BCUT2D eigenvalue weighted by Gasteiger charge is -2.08. The standard InChI is InChI=1S/C12H13N3O/c16-10-14-12-4-2-1-3-11(12)5-7-15-8-6-13-9-15/h1-4,6,8-10H,5,7H2,(H,14,16). The first-order valence-corrected chi connectivity index (χ1v) is 5.14. The number of imidazole rings is 1. The highest BCUT2D eigenvalue weighted by Gasteiger charge is 2.00. The van der Waals surface area contributed by atoms with Crippen molar-refractivity contribution in [2.75, 3.05) is 5.32 Å². The van der Waals surface area contributed by atoms with Gasteiger partial charge in [-0.25, -0.2) is 4.98 Å². The molecular weight excluding hydrogens is 202 g/mol. The van der Waals surface area contributed by atoms with E-state index in [-0.39, 0.29) is 0 Å². The van der Waals surface area contributed by atoms with E-state index in [2.05, 4.69) is 10.3 Å². The Morgan fingerprint density at radius 2 is 2.25 bits per heavy atom. The number of benzene rings is 1. The third-order valence-corrected chi connectivity index (χ3v) is 2.43. The molecule has 1 heterocycles.